The molecule has 0 unspecified atom stereocenters. The lowest BCUT2D eigenvalue weighted by Gasteiger charge is -2.37. The molecule has 0 radical (unpaired) electrons. The molecule has 35 heavy (non-hydrogen) atoms. The Bertz CT molecular complexity index is 1070. The second-order valence-electron chi connectivity index (χ2n) is 9.69. The van der Waals surface area contributed by atoms with Crippen LogP contribution in [0.15, 0.2) is 34.9 Å². The van der Waals surface area contributed by atoms with Crippen molar-refractivity contribution in [1.29, 1.82) is 0 Å². The van der Waals surface area contributed by atoms with Gasteiger partial charge in [0, 0.05) is 44.7 Å². The topological polar surface area (TPSA) is 112 Å². The SMILES string of the molecule is C[C@H](c1nc(-c2ccccc2)no1)N1CCN(C(=O)CCN2C(=O)NC3(CCCCC3)C2=O)CC1. The average Bonchev–Trinajstić information content (AvgIpc) is 3.47. The summed E-state index contributed by atoms with van der Waals surface area (Å²) in [6.45, 7) is 4.68. The Balaban J connectivity index is 1.11. The molecule has 3 aliphatic rings. The highest BCUT2D eigenvalue weighted by Crippen LogP contribution is 2.33. The van der Waals surface area contributed by atoms with Crippen molar-refractivity contribution < 1.29 is 18.9 Å². The number of hydrogen-bond donors (Lipinski definition) is 1. The van der Waals surface area contributed by atoms with Crippen LogP contribution in [-0.4, -0.2) is 80.9 Å². The zero-order chi connectivity index (χ0) is 24.4. The Morgan fingerprint density at radius 3 is 2.51 bits per heavy atom. The highest BCUT2D eigenvalue weighted by molar-refractivity contribution is 6.07. The predicted octanol–water partition coefficient (Wildman–Crippen LogP) is 2.59. The van der Waals surface area contributed by atoms with Crippen LogP contribution in [0.3, 0.4) is 0 Å². The van der Waals surface area contributed by atoms with E-state index in [9.17, 15) is 14.4 Å². The Morgan fingerprint density at radius 1 is 1.09 bits per heavy atom. The maximum absolute atomic E-state index is 12.9. The number of nitrogens with one attached hydrogen (secondary N) is 1. The van der Waals surface area contributed by atoms with E-state index in [-0.39, 0.29) is 36.9 Å². The molecule has 2 saturated heterocycles. The van der Waals surface area contributed by atoms with Gasteiger partial charge in [-0.3, -0.25) is 19.4 Å². The van der Waals surface area contributed by atoms with Crippen molar-refractivity contribution in [3.05, 3.63) is 36.2 Å². The first-order chi connectivity index (χ1) is 17.0. The maximum Gasteiger partial charge on any atom is 0.325 e. The van der Waals surface area contributed by atoms with Gasteiger partial charge in [0.05, 0.1) is 6.04 Å². The molecule has 10 heteroatoms. The molecular weight excluding hydrogens is 448 g/mol. The van der Waals surface area contributed by atoms with E-state index in [1.165, 1.54) is 4.90 Å². The van der Waals surface area contributed by atoms with Crippen LogP contribution in [0.5, 0.6) is 0 Å². The molecule has 2 aromatic rings. The van der Waals surface area contributed by atoms with Crippen molar-refractivity contribution in [3.8, 4) is 11.4 Å². The number of aromatic nitrogens is 2. The van der Waals surface area contributed by atoms with E-state index in [1.54, 1.807) is 4.90 Å². The van der Waals surface area contributed by atoms with Crippen molar-refractivity contribution in [1.82, 2.24) is 30.2 Å². The maximum atomic E-state index is 12.9. The van der Waals surface area contributed by atoms with Crippen molar-refractivity contribution in [2.45, 2.75) is 57.0 Å². The molecule has 1 aromatic heterocycles. The van der Waals surface area contributed by atoms with E-state index >= 15 is 0 Å². The van der Waals surface area contributed by atoms with Crippen LogP contribution in [0.1, 0.15) is 57.4 Å². The van der Waals surface area contributed by atoms with Crippen molar-refractivity contribution in [2.24, 2.45) is 0 Å². The normalized spacial score (nSPS) is 21.4. The van der Waals surface area contributed by atoms with Gasteiger partial charge in [-0.25, -0.2) is 4.79 Å². The average molecular weight is 481 g/mol. The van der Waals surface area contributed by atoms with Crippen molar-refractivity contribution in [2.75, 3.05) is 32.7 Å². The summed E-state index contributed by atoms with van der Waals surface area (Å²) in [5, 5.41) is 7.01. The van der Waals surface area contributed by atoms with Crippen LogP contribution in [-0.2, 0) is 9.59 Å². The van der Waals surface area contributed by atoms with Crippen LogP contribution in [0, 0.1) is 0 Å². The third-order valence-electron chi connectivity index (χ3n) is 7.55. The first kappa shape index (κ1) is 23.5. The molecule has 1 aromatic carbocycles. The van der Waals surface area contributed by atoms with E-state index in [4.69, 9.17) is 4.52 Å². The Morgan fingerprint density at radius 2 is 1.80 bits per heavy atom. The summed E-state index contributed by atoms with van der Waals surface area (Å²) in [6, 6.07) is 9.28. The lowest BCUT2D eigenvalue weighted by molar-refractivity contribution is -0.135. The van der Waals surface area contributed by atoms with E-state index in [0.29, 0.717) is 50.7 Å². The van der Waals surface area contributed by atoms with Gasteiger partial charge < -0.3 is 14.7 Å². The van der Waals surface area contributed by atoms with Gasteiger partial charge in [0.25, 0.3) is 5.91 Å². The van der Waals surface area contributed by atoms with Crippen molar-refractivity contribution in [3.63, 3.8) is 0 Å². The fourth-order valence-corrected chi connectivity index (χ4v) is 5.36. The molecule has 1 atom stereocenters. The molecule has 186 valence electrons. The Hall–Kier alpha value is -3.27. The van der Waals surface area contributed by atoms with Gasteiger partial charge in [-0.05, 0) is 19.8 Å². The van der Waals surface area contributed by atoms with E-state index in [2.05, 4.69) is 20.4 Å². The largest absolute Gasteiger partial charge is 0.340 e. The van der Waals surface area contributed by atoms with Crippen LogP contribution in [0.25, 0.3) is 11.4 Å². The number of piperazine rings is 1. The van der Waals surface area contributed by atoms with Crippen LogP contribution >= 0.6 is 0 Å². The zero-order valence-electron chi connectivity index (χ0n) is 20.1. The molecule has 2 aliphatic heterocycles. The lowest BCUT2D eigenvalue weighted by atomic mass is 9.82. The van der Waals surface area contributed by atoms with Gasteiger partial charge in [0.2, 0.25) is 17.6 Å². The molecule has 1 spiro atoms. The van der Waals surface area contributed by atoms with Gasteiger partial charge in [0.15, 0.2) is 0 Å². The van der Waals surface area contributed by atoms with E-state index < -0.39 is 5.54 Å². The predicted molar refractivity (Wildman–Crippen MR) is 127 cm³/mol. The highest BCUT2D eigenvalue weighted by Gasteiger charge is 2.51. The van der Waals surface area contributed by atoms with Gasteiger partial charge in [-0.2, -0.15) is 4.98 Å². The smallest absolute Gasteiger partial charge is 0.325 e. The molecular formula is C25H32N6O4. The van der Waals surface area contributed by atoms with Crippen LogP contribution in [0.4, 0.5) is 4.79 Å². The fourth-order valence-electron chi connectivity index (χ4n) is 5.36. The summed E-state index contributed by atoms with van der Waals surface area (Å²) in [6.07, 6.45) is 4.50. The van der Waals surface area contributed by atoms with Gasteiger partial charge in [-0.1, -0.05) is 54.8 Å². The van der Waals surface area contributed by atoms with E-state index in [1.807, 2.05) is 37.3 Å². The van der Waals surface area contributed by atoms with Crippen LogP contribution < -0.4 is 5.32 Å². The minimum atomic E-state index is -0.741. The zero-order valence-corrected chi connectivity index (χ0v) is 20.1. The van der Waals surface area contributed by atoms with Gasteiger partial charge in [-0.15, -0.1) is 0 Å². The molecule has 1 saturated carbocycles. The third-order valence-corrected chi connectivity index (χ3v) is 7.55. The monoisotopic (exact) mass is 480 g/mol. The Labute approximate surface area is 204 Å². The number of carbonyl (C=O) groups excluding carboxylic acids is 3. The number of benzene rings is 1. The number of nitrogens with zero attached hydrogens (tertiary/aromatic N) is 5. The molecule has 0 bridgehead atoms. The molecule has 3 heterocycles. The molecule has 1 aliphatic carbocycles. The standard InChI is InChI=1S/C25H32N6O4/c1-18(22-26-21(28-35-22)19-8-4-2-5-9-19)29-14-16-30(17-15-29)20(32)10-13-31-23(33)25(27-24(31)34)11-6-3-7-12-25/h2,4-5,8-9,18H,3,6-7,10-17H2,1H3,(H,27,34)/t18-/m1/s1. The first-order valence-electron chi connectivity index (χ1n) is 12.5. The first-order valence-corrected chi connectivity index (χ1v) is 12.5. The number of urea groups is 1. The second kappa shape index (κ2) is 9.77. The quantitative estimate of drug-likeness (QED) is 0.633. The van der Waals surface area contributed by atoms with Crippen LogP contribution in [0.2, 0.25) is 0 Å². The summed E-state index contributed by atoms with van der Waals surface area (Å²) >= 11 is 0. The van der Waals surface area contributed by atoms with Gasteiger partial charge >= 0.3 is 6.03 Å². The highest BCUT2D eigenvalue weighted by atomic mass is 16.5. The molecule has 1 N–H and O–H groups in total. The molecule has 3 fully saturated rings. The lowest BCUT2D eigenvalue weighted by Crippen LogP contribution is -2.50. The molecule has 5 rings (SSSR count). The minimum absolute atomic E-state index is 0.0355. The number of rotatable bonds is 6. The summed E-state index contributed by atoms with van der Waals surface area (Å²) in [7, 11) is 0. The number of carbonyl (C=O) groups is 3. The summed E-state index contributed by atoms with van der Waals surface area (Å²) < 4.78 is 5.51. The van der Waals surface area contributed by atoms with Crippen molar-refractivity contribution >= 4 is 17.8 Å². The molecule has 10 nitrogen and oxygen atoms in total. The van der Waals surface area contributed by atoms with Gasteiger partial charge in [0.1, 0.15) is 5.54 Å². The third kappa shape index (κ3) is 4.67. The number of hydrogen-bond acceptors (Lipinski definition) is 7. The van der Waals surface area contributed by atoms with E-state index in [0.717, 1.165) is 24.8 Å². The second-order valence-corrected chi connectivity index (χ2v) is 9.69. The number of amides is 4. The number of imide groups is 1. The Kier molecular flexibility index (Phi) is 6.55. The minimum Gasteiger partial charge on any atom is -0.340 e. The molecule has 4 amide bonds. The summed E-state index contributed by atoms with van der Waals surface area (Å²) in [5.41, 5.74) is 0.166. The fraction of sp³-hybridized carbons (Fsp3) is 0.560. The summed E-state index contributed by atoms with van der Waals surface area (Å²) in [4.78, 5) is 48.0. The summed E-state index contributed by atoms with van der Waals surface area (Å²) in [5.74, 6) is 0.922.